The van der Waals surface area contributed by atoms with Gasteiger partial charge in [-0.25, -0.2) is 0 Å². The molecule has 0 spiro atoms. The van der Waals surface area contributed by atoms with Gasteiger partial charge in [-0.2, -0.15) is 0 Å². The molecule has 122 valence electrons. The Hall–Kier alpha value is -1.10. The lowest BCUT2D eigenvalue weighted by atomic mass is 9.79. The van der Waals surface area contributed by atoms with Crippen molar-refractivity contribution in [3.05, 3.63) is 0 Å². The summed E-state index contributed by atoms with van der Waals surface area (Å²) in [5.41, 5.74) is -0.445. The highest BCUT2D eigenvalue weighted by Gasteiger charge is 2.43. The van der Waals surface area contributed by atoms with Crippen LogP contribution >= 0.6 is 0 Å². The number of carbonyl (C=O) groups is 2. The molecule has 1 heterocycles. The summed E-state index contributed by atoms with van der Waals surface area (Å²) in [6, 6.07) is 0.584. The molecule has 3 atom stereocenters. The fraction of sp³-hybridized carbons (Fsp3) is 0.875. The van der Waals surface area contributed by atoms with Gasteiger partial charge in [0.05, 0.1) is 6.61 Å². The third kappa shape index (κ3) is 4.19. The van der Waals surface area contributed by atoms with Gasteiger partial charge in [-0.05, 0) is 33.2 Å². The second kappa shape index (κ2) is 6.77. The summed E-state index contributed by atoms with van der Waals surface area (Å²) in [5.74, 6) is -1.25. The number of carbonyl (C=O) groups excluding carboxylic acids is 2. The molecule has 1 aliphatic rings. The molecular formula is C16H30N2O3. The third-order valence-corrected chi connectivity index (χ3v) is 4.31. The van der Waals surface area contributed by atoms with E-state index in [-0.39, 0.29) is 5.91 Å². The van der Waals surface area contributed by atoms with Crippen LogP contribution in [0, 0.1) is 11.3 Å². The molecule has 0 aromatic heterocycles. The molecule has 1 amide bonds. The van der Waals surface area contributed by atoms with Gasteiger partial charge in [0.15, 0.2) is 0 Å². The van der Waals surface area contributed by atoms with Crippen LogP contribution < -0.4 is 0 Å². The van der Waals surface area contributed by atoms with E-state index >= 15 is 0 Å². The molecule has 0 aliphatic carbocycles. The van der Waals surface area contributed by atoms with E-state index in [0.717, 1.165) is 0 Å². The van der Waals surface area contributed by atoms with Crippen molar-refractivity contribution in [3.8, 4) is 0 Å². The smallest absolute Gasteiger partial charge is 0.319 e. The summed E-state index contributed by atoms with van der Waals surface area (Å²) in [4.78, 5) is 29.2. The first kappa shape index (κ1) is 18.0. The number of amides is 1. The van der Waals surface area contributed by atoms with Crippen LogP contribution in [0.4, 0.5) is 0 Å². The molecule has 3 unspecified atom stereocenters. The van der Waals surface area contributed by atoms with Crippen molar-refractivity contribution in [1.29, 1.82) is 0 Å². The van der Waals surface area contributed by atoms with Gasteiger partial charge in [-0.15, -0.1) is 0 Å². The van der Waals surface area contributed by atoms with Gasteiger partial charge in [-0.1, -0.05) is 20.8 Å². The Morgan fingerprint density at radius 1 is 1.19 bits per heavy atom. The van der Waals surface area contributed by atoms with Gasteiger partial charge < -0.3 is 9.64 Å². The number of rotatable bonds is 3. The largest absolute Gasteiger partial charge is 0.465 e. The first-order chi connectivity index (χ1) is 9.59. The molecule has 1 fully saturated rings. The molecular weight excluding hydrogens is 268 g/mol. The van der Waals surface area contributed by atoms with Crippen LogP contribution in [0.5, 0.6) is 0 Å². The summed E-state index contributed by atoms with van der Waals surface area (Å²) in [6.45, 7) is 13.3. The lowest BCUT2D eigenvalue weighted by molar-refractivity contribution is -0.162. The van der Waals surface area contributed by atoms with E-state index < -0.39 is 17.3 Å². The Labute approximate surface area is 128 Å². The molecule has 0 N–H and O–H groups in total. The van der Waals surface area contributed by atoms with Crippen molar-refractivity contribution in [1.82, 2.24) is 9.80 Å². The monoisotopic (exact) mass is 298 g/mol. The zero-order valence-corrected chi connectivity index (χ0v) is 14.5. The predicted octanol–water partition coefficient (Wildman–Crippen LogP) is 1.76. The first-order valence-electron chi connectivity index (χ1n) is 7.77. The van der Waals surface area contributed by atoms with Crippen molar-refractivity contribution < 1.29 is 14.3 Å². The summed E-state index contributed by atoms with van der Waals surface area (Å²) in [6.07, 6.45) is 0. The van der Waals surface area contributed by atoms with E-state index in [4.69, 9.17) is 4.74 Å². The van der Waals surface area contributed by atoms with Crippen molar-refractivity contribution in [2.45, 2.75) is 53.6 Å². The molecule has 0 aromatic carbocycles. The fourth-order valence-corrected chi connectivity index (χ4v) is 2.82. The molecule has 0 bridgehead atoms. The molecule has 5 heteroatoms. The van der Waals surface area contributed by atoms with Crippen LogP contribution in [0.15, 0.2) is 0 Å². The second-order valence-corrected chi connectivity index (χ2v) is 7.16. The van der Waals surface area contributed by atoms with Gasteiger partial charge in [0, 0.05) is 25.2 Å². The van der Waals surface area contributed by atoms with Crippen LogP contribution in [-0.4, -0.2) is 60.5 Å². The third-order valence-electron chi connectivity index (χ3n) is 4.31. The highest BCUT2D eigenvalue weighted by molar-refractivity contribution is 5.98. The topological polar surface area (TPSA) is 49.9 Å². The van der Waals surface area contributed by atoms with Crippen molar-refractivity contribution in [2.75, 3.05) is 26.7 Å². The lowest BCUT2D eigenvalue weighted by Crippen LogP contribution is -2.59. The Kier molecular flexibility index (Phi) is 5.79. The average molecular weight is 298 g/mol. The Morgan fingerprint density at radius 3 is 2.05 bits per heavy atom. The molecule has 0 radical (unpaired) electrons. The molecule has 1 aliphatic heterocycles. The number of esters is 1. The normalized spacial score (nSPS) is 25.6. The molecule has 21 heavy (non-hydrogen) atoms. The number of piperazine rings is 1. The molecule has 1 rings (SSSR count). The van der Waals surface area contributed by atoms with Gasteiger partial charge >= 0.3 is 5.97 Å². The number of nitrogens with zero attached hydrogens (tertiary/aromatic N) is 2. The van der Waals surface area contributed by atoms with Crippen molar-refractivity contribution >= 4 is 11.9 Å². The van der Waals surface area contributed by atoms with Crippen molar-refractivity contribution in [3.63, 3.8) is 0 Å². The molecule has 1 saturated heterocycles. The second-order valence-electron chi connectivity index (χ2n) is 7.16. The van der Waals surface area contributed by atoms with Crippen LogP contribution in [0.2, 0.25) is 0 Å². The highest BCUT2D eigenvalue weighted by atomic mass is 16.5. The van der Waals surface area contributed by atoms with Gasteiger partial charge in [0.25, 0.3) is 0 Å². The summed E-state index contributed by atoms with van der Waals surface area (Å²) in [5, 5.41) is 0. The molecule has 0 saturated carbocycles. The van der Waals surface area contributed by atoms with E-state index in [1.165, 1.54) is 0 Å². The number of hydrogen-bond acceptors (Lipinski definition) is 4. The SMILES string of the molecule is CCOC(=O)C(C(=O)N1CC(C)N(C)C(C)C1)C(C)(C)C. The minimum atomic E-state index is -0.736. The highest BCUT2D eigenvalue weighted by Crippen LogP contribution is 2.30. The lowest BCUT2D eigenvalue weighted by Gasteiger charge is -2.44. The zero-order chi connectivity index (χ0) is 16.4. The van der Waals surface area contributed by atoms with Crippen LogP contribution in [0.3, 0.4) is 0 Å². The van der Waals surface area contributed by atoms with Gasteiger partial charge in [-0.3, -0.25) is 14.5 Å². The molecule has 5 nitrogen and oxygen atoms in total. The minimum absolute atomic E-state index is 0.104. The van der Waals surface area contributed by atoms with Crippen molar-refractivity contribution in [2.24, 2.45) is 11.3 Å². The van der Waals surface area contributed by atoms with E-state index in [1.807, 2.05) is 25.7 Å². The maximum absolute atomic E-state index is 12.9. The Balaban J connectivity index is 2.93. The summed E-state index contributed by atoms with van der Waals surface area (Å²) in [7, 11) is 2.07. The van der Waals surface area contributed by atoms with Crippen LogP contribution in [0.1, 0.15) is 41.5 Å². The maximum atomic E-state index is 12.9. The van der Waals surface area contributed by atoms with Crippen LogP contribution in [0.25, 0.3) is 0 Å². The van der Waals surface area contributed by atoms with Crippen LogP contribution in [-0.2, 0) is 14.3 Å². The summed E-state index contributed by atoms with van der Waals surface area (Å²) >= 11 is 0. The standard InChI is InChI=1S/C16H30N2O3/c1-8-21-15(20)13(16(4,5)6)14(19)18-9-11(2)17(7)12(3)10-18/h11-13H,8-10H2,1-7H3. The Morgan fingerprint density at radius 2 is 1.67 bits per heavy atom. The van der Waals surface area contributed by atoms with Gasteiger partial charge in [0.2, 0.25) is 5.91 Å². The van der Waals surface area contributed by atoms with E-state index in [9.17, 15) is 9.59 Å². The first-order valence-corrected chi connectivity index (χ1v) is 7.77. The summed E-state index contributed by atoms with van der Waals surface area (Å²) < 4.78 is 5.12. The minimum Gasteiger partial charge on any atom is -0.465 e. The zero-order valence-electron chi connectivity index (χ0n) is 14.5. The van der Waals surface area contributed by atoms with Gasteiger partial charge in [0.1, 0.15) is 5.92 Å². The Bertz CT molecular complexity index is 377. The van der Waals surface area contributed by atoms with E-state index in [0.29, 0.717) is 31.8 Å². The average Bonchev–Trinajstić information content (AvgIpc) is 2.33. The number of likely N-dealkylation sites (N-methyl/N-ethyl adjacent to an activating group) is 1. The predicted molar refractivity (Wildman–Crippen MR) is 82.8 cm³/mol. The number of ether oxygens (including phenoxy) is 1. The molecule has 0 aromatic rings. The van der Waals surface area contributed by atoms with E-state index in [2.05, 4.69) is 25.8 Å². The quantitative estimate of drug-likeness (QED) is 0.588. The number of hydrogen-bond donors (Lipinski definition) is 0. The maximum Gasteiger partial charge on any atom is 0.319 e. The fourth-order valence-electron chi connectivity index (χ4n) is 2.82. The van der Waals surface area contributed by atoms with E-state index in [1.54, 1.807) is 6.92 Å².